The maximum Gasteiger partial charge on any atom is 0.488 e. The van der Waals surface area contributed by atoms with Crippen LogP contribution in [0, 0.1) is 23.7 Å². The van der Waals surface area contributed by atoms with Gasteiger partial charge in [-0.05, 0) is 87.0 Å². The molecule has 0 heterocycles. The van der Waals surface area contributed by atoms with Crippen LogP contribution in [0.4, 0.5) is 3.89 Å². The number of esters is 1. The van der Waals surface area contributed by atoms with Crippen molar-refractivity contribution in [1.82, 2.24) is 0 Å². The molecule has 0 aromatic heterocycles. The predicted molar refractivity (Wildman–Crippen MR) is 104 cm³/mol. The molecule has 4 aliphatic carbocycles. The van der Waals surface area contributed by atoms with Gasteiger partial charge >= 0.3 is 16.5 Å². The van der Waals surface area contributed by atoms with Crippen molar-refractivity contribution in [2.24, 2.45) is 23.7 Å². The Balaban J connectivity index is 1.26. The average Bonchev–Trinajstić information content (AvgIpc) is 2.59. The molecule has 5 nitrogen and oxygen atoms in total. The molecule has 0 aliphatic heterocycles. The zero-order valence-corrected chi connectivity index (χ0v) is 17.4. The molecule has 0 amide bonds. The van der Waals surface area contributed by atoms with Gasteiger partial charge in [0.1, 0.15) is 11.4 Å². The van der Waals surface area contributed by atoms with Crippen LogP contribution in [0.2, 0.25) is 0 Å². The molecule has 0 unspecified atom stereocenters. The standard InChI is InChI=1S/C20H25FO5S2/c1-20(15-9-13-8-14(11-15)12-16(20)10-13)25-19(22)6-7-27-18-4-2-17(3-5-18)26-28(21,23)24/h2-5,13-16H,6-12H2,1H3. The van der Waals surface area contributed by atoms with E-state index >= 15 is 0 Å². The van der Waals surface area contributed by atoms with Gasteiger partial charge < -0.3 is 8.92 Å². The molecule has 0 N–H and O–H groups in total. The van der Waals surface area contributed by atoms with Crippen molar-refractivity contribution in [3.8, 4) is 5.75 Å². The van der Waals surface area contributed by atoms with Crippen molar-refractivity contribution in [2.75, 3.05) is 5.75 Å². The summed E-state index contributed by atoms with van der Waals surface area (Å²) in [7, 11) is -5.01. The van der Waals surface area contributed by atoms with Gasteiger partial charge in [-0.3, -0.25) is 4.79 Å². The number of carbonyl (C=O) groups excluding carboxylic acids is 1. The Kier molecular flexibility index (Phi) is 5.37. The quantitative estimate of drug-likeness (QED) is 0.361. The summed E-state index contributed by atoms with van der Waals surface area (Å²) in [6.07, 6.45) is 6.50. The first-order valence-corrected chi connectivity index (χ1v) is 12.1. The summed E-state index contributed by atoms with van der Waals surface area (Å²) < 4.78 is 43.6. The van der Waals surface area contributed by atoms with Gasteiger partial charge in [-0.15, -0.1) is 11.8 Å². The highest BCUT2D eigenvalue weighted by Gasteiger charge is 2.56. The van der Waals surface area contributed by atoms with Crippen LogP contribution in [0.15, 0.2) is 29.2 Å². The van der Waals surface area contributed by atoms with Gasteiger partial charge in [0, 0.05) is 10.6 Å². The van der Waals surface area contributed by atoms with Gasteiger partial charge in [0.2, 0.25) is 0 Å². The number of hydrogen-bond donors (Lipinski definition) is 0. The van der Waals surface area contributed by atoms with E-state index in [9.17, 15) is 17.1 Å². The van der Waals surface area contributed by atoms with Crippen molar-refractivity contribution in [3.63, 3.8) is 0 Å². The third-order valence-electron chi connectivity index (χ3n) is 6.69. The number of rotatable bonds is 7. The molecule has 1 aromatic carbocycles. The highest BCUT2D eigenvalue weighted by Crippen LogP contribution is 2.59. The van der Waals surface area contributed by atoms with Gasteiger partial charge in [-0.2, -0.15) is 8.42 Å². The maximum absolute atomic E-state index is 12.5. The predicted octanol–water partition coefficient (Wildman–Crippen LogP) is 4.52. The first-order chi connectivity index (χ1) is 13.2. The fourth-order valence-electron chi connectivity index (χ4n) is 5.54. The van der Waals surface area contributed by atoms with Gasteiger partial charge in [-0.1, -0.05) is 3.89 Å². The first-order valence-electron chi connectivity index (χ1n) is 9.80. The zero-order valence-electron chi connectivity index (χ0n) is 15.8. The minimum Gasteiger partial charge on any atom is -0.459 e. The zero-order chi connectivity index (χ0) is 19.9. The molecule has 4 aliphatic rings. The summed E-state index contributed by atoms with van der Waals surface area (Å²) >= 11 is 1.47. The lowest BCUT2D eigenvalue weighted by atomic mass is 9.50. The summed E-state index contributed by atoms with van der Waals surface area (Å²) in [5.41, 5.74) is -0.300. The van der Waals surface area contributed by atoms with E-state index in [4.69, 9.17) is 4.74 Å². The Bertz CT molecular complexity index is 809. The molecule has 4 saturated carbocycles. The van der Waals surface area contributed by atoms with Crippen molar-refractivity contribution < 1.29 is 26.0 Å². The van der Waals surface area contributed by atoms with E-state index in [1.54, 1.807) is 12.1 Å². The van der Waals surface area contributed by atoms with E-state index in [-0.39, 0.29) is 17.3 Å². The molecule has 154 valence electrons. The molecule has 4 fully saturated rings. The molecular formula is C20H25FO5S2. The minimum absolute atomic E-state index is 0.0823. The number of carbonyl (C=O) groups is 1. The molecule has 4 bridgehead atoms. The third kappa shape index (κ3) is 4.32. The monoisotopic (exact) mass is 428 g/mol. The lowest BCUT2D eigenvalue weighted by molar-refractivity contribution is -0.202. The summed E-state index contributed by atoms with van der Waals surface area (Å²) in [5.74, 6) is 3.04. The Morgan fingerprint density at radius 1 is 1.11 bits per heavy atom. The summed E-state index contributed by atoms with van der Waals surface area (Å²) in [6.45, 7) is 2.14. The SMILES string of the molecule is CC1(OC(=O)CCSc2ccc(OS(=O)(=O)F)cc2)C2CC3CC(C2)CC1C3. The second-order valence-electron chi connectivity index (χ2n) is 8.51. The number of ether oxygens (including phenoxy) is 1. The van der Waals surface area contributed by atoms with Crippen LogP contribution >= 0.6 is 11.8 Å². The van der Waals surface area contributed by atoms with Gasteiger partial charge in [-0.25, -0.2) is 0 Å². The molecule has 28 heavy (non-hydrogen) atoms. The summed E-state index contributed by atoms with van der Waals surface area (Å²) in [4.78, 5) is 13.3. The number of benzene rings is 1. The molecule has 0 radical (unpaired) electrons. The van der Waals surface area contributed by atoms with E-state index in [0.717, 1.165) is 16.7 Å². The largest absolute Gasteiger partial charge is 0.488 e. The molecular weight excluding hydrogens is 403 g/mol. The lowest BCUT2D eigenvalue weighted by Crippen LogP contribution is -2.58. The minimum atomic E-state index is -5.01. The summed E-state index contributed by atoms with van der Waals surface area (Å²) in [5, 5.41) is 0. The van der Waals surface area contributed by atoms with Crippen LogP contribution in [0.3, 0.4) is 0 Å². The number of halogens is 1. The van der Waals surface area contributed by atoms with Gasteiger partial charge in [0.05, 0.1) is 6.42 Å². The fourth-order valence-corrected chi connectivity index (χ4v) is 6.72. The van der Waals surface area contributed by atoms with Crippen LogP contribution in [-0.4, -0.2) is 25.7 Å². The Morgan fingerprint density at radius 2 is 1.68 bits per heavy atom. The highest BCUT2D eigenvalue weighted by molar-refractivity contribution is 7.99. The molecule has 0 saturated heterocycles. The number of hydrogen-bond acceptors (Lipinski definition) is 6. The average molecular weight is 429 g/mol. The molecule has 8 heteroatoms. The smallest absolute Gasteiger partial charge is 0.459 e. The van der Waals surface area contributed by atoms with Crippen LogP contribution in [0.5, 0.6) is 5.75 Å². The Morgan fingerprint density at radius 3 is 2.21 bits per heavy atom. The second-order valence-corrected chi connectivity index (χ2v) is 10.6. The van der Waals surface area contributed by atoms with E-state index in [1.165, 1.54) is 56.0 Å². The van der Waals surface area contributed by atoms with Crippen molar-refractivity contribution >= 4 is 28.2 Å². The van der Waals surface area contributed by atoms with Crippen molar-refractivity contribution in [1.29, 1.82) is 0 Å². The molecule has 0 atom stereocenters. The van der Waals surface area contributed by atoms with Gasteiger partial charge in [0.25, 0.3) is 0 Å². The van der Waals surface area contributed by atoms with Crippen molar-refractivity contribution in [2.45, 2.75) is 55.9 Å². The first kappa shape index (κ1) is 20.0. The van der Waals surface area contributed by atoms with Crippen molar-refractivity contribution in [3.05, 3.63) is 24.3 Å². The second kappa shape index (κ2) is 7.52. The topological polar surface area (TPSA) is 69.7 Å². The van der Waals surface area contributed by atoms with Crippen LogP contribution in [0.1, 0.15) is 45.4 Å². The number of thioether (sulfide) groups is 1. The van der Waals surface area contributed by atoms with E-state index in [0.29, 0.717) is 24.0 Å². The van der Waals surface area contributed by atoms with E-state index in [1.807, 2.05) is 0 Å². The van der Waals surface area contributed by atoms with Crippen LogP contribution < -0.4 is 4.18 Å². The van der Waals surface area contributed by atoms with Crippen LogP contribution in [-0.2, 0) is 20.0 Å². The Labute approximate surface area is 169 Å². The normalized spacial score (nSPS) is 33.6. The molecule has 5 rings (SSSR count). The Hall–Kier alpha value is -1.28. The van der Waals surface area contributed by atoms with E-state index < -0.39 is 10.5 Å². The lowest BCUT2D eigenvalue weighted by Gasteiger charge is -2.59. The maximum atomic E-state index is 12.5. The summed E-state index contributed by atoms with van der Waals surface area (Å²) in [6, 6.07) is 6.03. The molecule has 0 spiro atoms. The van der Waals surface area contributed by atoms with Gasteiger partial charge in [0.15, 0.2) is 0 Å². The third-order valence-corrected chi connectivity index (χ3v) is 8.09. The van der Waals surface area contributed by atoms with Crippen LogP contribution in [0.25, 0.3) is 0 Å². The fraction of sp³-hybridized carbons (Fsp3) is 0.650. The van der Waals surface area contributed by atoms with E-state index in [2.05, 4.69) is 11.1 Å². The highest BCUT2D eigenvalue weighted by atomic mass is 32.3. The molecule has 1 aromatic rings.